The highest BCUT2D eigenvalue weighted by molar-refractivity contribution is 6.34. The maximum absolute atomic E-state index is 12.2. The van der Waals surface area contributed by atoms with Gasteiger partial charge in [-0.1, -0.05) is 30.1 Å². The van der Waals surface area contributed by atoms with Crippen molar-refractivity contribution in [2.75, 3.05) is 11.9 Å². The van der Waals surface area contributed by atoms with Gasteiger partial charge in [0.1, 0.15) is 5.75 Å². The number of halogens is 2. The van der Waals surface area contributed by atoms with Crippen LogP contribution in [0.5, 0.6) is 5.75 Å². The van der Waals surface area contributed by atoms with Crippen LogP contribution in [0.4, 0.5) is 5.69 Å². The van der Waals surface area contributed by atoms with Gasteiger partial charge in [-0.3, -0.25) is 9.59 Å². The number of ketones is 1. The minimum Gasteiger partial charge on any atom is -0.484 e. The number of hydrogen-bond acceptors (Lipinski definition) is 3. The summed E-state index contributed by atoms with van der Waals surface area (Å²) in [6, 6.07) is 11.5. The van der Waals surface area contributed by atoms with Crippen LogP contribution in [0.2, 0.25) is 10.0 Å². The second-order valence-electron chi connectivity index (χ2n) is 5.16. The molecule has 1 N–H and O–H groups in total. The molecule has 0 aliphatic rings. The van der Waals surface area contributed by atoms with E-state index in [2.05, 4.69) is 5.32 Å². The summed E-state index contributed by atoms with van der Waals surface area (Å²) in [6.07, 6.45) is 1.25. The second-order valence-corrected chi connectivity index (χ2v) is 6.01. The number of Topliss-reactive ketones (excluding diaryl/α,β-unsaturated/α-hetero) is 1. The molecule has 0 atom stereocenters. The van der Waals surface area contributed by atoms with Crippen molar-refractivity contribution in [3.8, 4) is 5.75 Å². The SMILES string of the molecule is CCCC(=O)Nc1ccc(C(=O)COc2cc(Cl)ccc2Cl)cc1. The monoisotopic (exact) mass is 365 g/mol. The number of amides is 1. The van der Waals surface area contributed by atoms with Crippen molar-refractivity contribution in [3.63, 3.8) is 0 Å². The third-order valence-electron chi connectivity index (χ3n) is 3.22. The molecule has 126 valence electrons. The number of rotatable bonds is 7. The van der Waals surface area contributed by atoms with Crippen LogP contribution in [0, 0.1) is 0 Å². The van der Waals surface area contributed by atoms with Crippen LogP contribution in [-0.4, -0.2) is 18.3 Å². The van der Waals surface area contributed by atoms with Crippen LogP contribution in [-0.2, 0) is 4.79 Å². The molecule has 0 bridgehead atoms. The summed E-state index contributed by atoms with van der Waals surface area (Å²) in [7, 11) is 0. The minimum absolute atomic E-state index is 0.0458. The van der Waals surface area contributed by atoms with E-state index in [-0.39, 0.29) is 18.3 Å². The van der Waals surface area contributed by atoms with Gasteiger partial charge in [-0.25, -0.2) is 0 Å². The first-order chi connectivity index (χ1) is 11.5. The topological polar surface area (TPSA) is 55.4 Å². The van der Waals surface area contributed by atoms with Crippen molar-refractivity contribution in [2.24, 2.45) is 0 Å². The average molecular weight is 366 g/mol. The molecular formula is C18H17Cl2NO3. The predicted octanol–water partition coefficient (Wildman–Crippen LogP) is 4.99. The van der Waals surface area contributed by atoms with E-state index < -0.39 is 0 Å². The number of nitrogens with one attached hydrogen (secondary N) is 1. The molecule has 0 heterocycles. The van der Waals surface area contributed by atoms with E-state index >= 15 is 0 Å². The van der Waals surface area contributed by atoms with E-state index in [0.717, 1.165) is 6.42 Å². The van der Waals surface area contributed by atoms with Gasteiger partial charge in [-0.2, -0.15) is 0 Å². The fraction of sp³-hybridized carbons (Fsp3) is 0.222. The molecule has 0 aliphatic carbocycles. The number of anilines is 1. The van der Waals surface area contributed by atoms with Crippen molar-refractivity contribution in [1.82, 2.24) is 0 Å². The third-order valence-corrected chi connectivity index (χ3v) is 3.77. The van der Waals surface area contributed by atoms with Crippen molar-refractivity contribution in [3.05, 3.63) is 58.1 Å². The molecule has 0 unspecified atom stereocenters. The van der Waals surface area contributed by atoms with E-state index in [9.17, 15) is 9.59 Å². The number of hydrogen-bond donors (Lipinski definition) is 1. The van der Waals surface area contributed by atoms with Crippen LogP contribution < -0.4 is 10.1 Å². The van der Waals surface area contributed by atoms with Gasteiger partial charge < -0.3 is 10.1 Å². The molecular weight excluding hydrogens is 349 g/mol. The molecule has 2 rings (SSSR count). The Morgan fingerprint density at radius 2 is 1.79 bits per heavy atom. The van der Waals surface area contributed by atoms with Crippen LogP contribution in [0.1, 0.15) is 30.1 Å². The van der Waals surface area contributed by atoms with E-state index in [1.54, 1.807) is 42.5 Å². The van der Waals surface area contributed by atoms with Crippen LogP contribution in [0.15, 0.2) is 42.5 Å². The van der Waals surface area contributed by atoms with Crippen LogP contribution >= 0.6 is 23.2 Å². The van der Waals surface area contributed by atoms with Crippen molar-refractivity contribution in [1.29, 1.82) is 0 Å². The zero-order chi connectivity index (χ0) is 17.5. The van der Waals surface area contributed by atoms with E-state index in [1.165, 1.54) is 0 Å². The predicted molar refractivity (Wildman–Crippen MR) is 96.3 cm³/mol. The van der Waals surface area contributed by atoms with Crippen molar-refractivity contribution in [2.45, 2.75) is 19.8 Å². The highest BCUT2D eigenvalue weighted by atomic mass is 35.5. The number of benzene rings is 2. The highest BCUT2D eigenvalue weighted by Gasteiger charge is 2.10. The Balaban J connectivity index is 1.95. The molecule has 4 nitrogen and oxygen atoms in total. The van der Waals surface area contributed by atoms with Gasteiger partial charge in [0.15, 0.2) is 12.4 Å². The summed E-state index contributed by atoms with van der Waals surface area (Å²) < 4.78 is 5.42. The van der Waals surface area contributed by atoms with Gasteiger partial charge in [0.05, 0.1) is 5.02 Å². The summed E-state index contributed by atoms with van der Waals surface area (Å²) in [5.74, 6) is 0.119. The summed E-state index contributed by atoms with van der Waals surface area (Å²) in [6.45, 7) is 1.79. The molecule has 0 aliphatic heterocycles. The molecule has 0 spiro atoms. The highest BCUT2D eigenvalue weighted by Crippen LogP contribution is 2.27. The van der Waals surface area contributed by atoms with E-state index in [4.69, 9.17) is 27.9 Å². The first kappa shape index (κ1) is 18.3. The number of carbonyl (C=O) groups excluding carboxylic acids is 2. The Hall–Kier alpha value is -2.04. The van der Waals surface area contributed by atoms with Gasteiger partial charge in [-0.15, -0.1) is 0 Å². The zero-order valence-corrected chi connectivity index (χ0v) is 14.7. The Labute approximate surface area is 150 Å². The summed E-state index contributed by atoms with van der Waals surface area (Å²) >= 11 is 11.9. The number of ether oxygens (including phenoxy) is 1. The fourth-order valence-electron chi connectivity index (χ4n) is 2.00. The Morgan fingerprint density at radius 3 is 2.46 bits per heavy atom. The molecule has 0 fully saturated rings. The smallest absolute Gasteiger partial charge is 0.224 e. The molecule has 0 radical (unpaired) electrons. The molecule has 2 aromatic carbocycles. The fourth-order valence-corrected chi connectivity index (χ4v) is 2.34. The summed E-state index contributed by atoms with van der Waals surface area (Å²) in [5.41, 5.74) is 1.14. The molecule has 1 amide bonds. The minimum atomic E-state index is -0.197. The molecule has 0 aromatic heterocycles. The Kier molecular flexibility index (Phi) is 6.64. The summed E-state index contributed by atoms with van der Waals surface area (Å²) in [5, 5.41) is 3.64. The maximum atomic E-state index is 12.2. The van der Waals surface area contributed by atoms with Crippen LogP contribution in [0.3, 0.4) is 0 Å². The van der Waals surface area contributed by atoms with Gasteiger partial charge >= 0.3 is 0 Å². The van der Waals surface area contributed by atoms with E-state index in [1.807, 2.05) is 6.92 Å². The normalized spacial score (nSPS) is 10.3. The largest absolute Gasteiger partial charge is 0.484 e. The first-order valence-corrected chi connectivity index (χ1v) is 8.26. The molecule has 2 aromatic rings. The number of carbonyl (C=O) groups is 2. The maximum Gasteiger partial charge on any atom is 0.224 e. The van der Waals surface area contributed by atoms with Crippen molar-refractivity contribution < 1.29 is 14.3 Å². The summed E-state index contributed by atoms with van der Waals surface area (Å²) in [4.78, 5) is 23.7. The third kappa shape index (κ3) is 5.25. The van der Waals surface area contributed by atoms with Gasteiger partial charge in [0, 0.05) is 28.8 Å². The lowest BCUT2D eigenvalue weighted by molar-refractivity contribution is -0.116. The van der Waals surface area contributed by atoms with Gasteiger partial charge in [0.2, 0.25) is 5.91 Å². The average Bonchev–Trinajstić information content (AvgIpc) is 2.56. The lowest BCUT2D eigenvalue weighted by atomic mass is 10.1. The first-order valence-electron chi connectivity index (χ1n) is 7.50. The van der Waals surface area contributed by atoms with Gasteiger partial charge in [-0.05, 0) is 42.8 Å². The van der Waals surface area contributed by atoms with Crippen LogP contribution in [0.25, 0.3) is 0 Å². The second kappa shape index (κ2) is 8.71. The quantitative estimate of drug-likeness (QED) is 0.702. The molecule has 24 heavy (non-hydrogen) atoms. The lowest BCUT2D eigenvalue weighted by Gasteiger charge is -2.09. The Morgan fingerprint density at radius 1 is 1.08 bits per heavy atom. The van der Waals surface area contributed by atoms with Crippen molar-refractivity contribution >= 4 is 40.6 Å². The lowest BCUT2D eigenvalue weighted by Crippen LogP contribution is -2.13. The standard InChI is InChI=1S/C18H17Cl2NO3/c1-2-3-18(23)21-14-7-4-12(5-8-14)16(22)11-24-17-10-13(19)6-9-15(17)20/h4-10H,2-3,11H2,1H3,(H,21,23). The molecule has 0 saturated carbocycles. The Bertz CT molecular complexity index is 730. The molecule has 0 saturated heterocycles. The zero-order valence-electron chi connectivity index (χ0n) is 13.1. The van der Waals surface area contributed by atoms with E-state index in [0.29, 0.717) is 33.5 Å². The molecule has 6 heteroatoms. The van der Waals surface area contributed by atoms with Gasteiger partial charge in [0.25, 0.3) is 0 Å².